The van der Waals surface area contributed by atoms with E-state index in [1.807, 2.05) is 19.1 Å². The van der Waals surface area contributed by atoms with Crippen molar-refractivity contribution in [3.05, 3.63) is 76.0 Å². The van der Waals surface area contributed by atoms with Crippen LogP contribution >= 0.6 is 0 Å². The zero-order valence-corrected chi connectivity index (χ0v) is 12.0. The molecule has 4 nitrogen and oxygen atoms in total. The third kappa shape index (κ3) is 2.63. The van der Waals surface area contributed by atoms with Crippen LogP contribution in [0, 0.1) is 12.7 Å². The van der Waals surface area contributed by atoms with E-state index in [0.717, 1.165) is 11.1 Å². The largest absolute Gasteiger partial charge is 0.386 e. The molecule has 0 spiro atoms. The van der Waals surface area contributed by atoms with Crippen molar-refractivity contribution in [1.82, 2.24) is 9.78 Å². The van der Waals surface area contributed by atoms with Crippen molar-refractivity contribution >= 4 is 10.8 Å². The molecular weight excluding hydrogens is 283 g/mol. The molecule has 0 aliphatic carbocycles. The first-order valence-corrected chi connectivity index (χ1v) is 6.96. The Bertz CT molecular complexity index is 872. The van der Waals surface area contributed by atoms with Gasteiger partial charge in [0.05, 0.1) is 23.7 Å². The van der Waals surface area contributed by atoms with Crippen molar-refractivity contribution in [3.63, 3.8) is 0 Å². The fraction of sp³-hybridized carbons (Fsp3) is 0.176. The predicted octanol–water partition coefficient (Wildman–Crippen LogP) is 2.58. The Balaban J connectivity index is 1.99. The first-order chi connectivity index (χ1) is 10.6. The normalized spacial score (nSPS) is 12.5. The van der Waals surface area contributed by atoms with Crippen LogP contribution in [0.5, 0.6) is 0 Å². The standard InChI is InChI=1S/C17H15FN2O2/c1-11-14-4-2-3-5-15(14)17(22)20(19-11)10-16(21)12-6-8-13(18)9-7-12/h2-9,16,21H,10H2,1H3. The first kappa shape index (κ1) is 14.4. The molecule has 0 bridgehead atoms. The summed E-state index contributed by atoms with van der Waals surface area (Å²) in [6.07, 6.45) is -0.925. The summed E-state index contributed by atoms with van der Waals surface area (Å²) in [5.74, 6) is -0.368. The lowest BCUT2D eigenvalue weighted by Crippen LogP contribution is -2.26. The number of hydrogen-bond donors (Lipinski definition) is 1. The predicted molar refractivity (Wildman–Crippen MR) is 82.1 cm³/mol. The van der Waals surface area contributed by atoms with E-state index in [2.05, 4.69) is 5.10 Å². The lowest BCUT2D eigenvalue weighted by molar-refractivity contribution is 0.149. The lowest BCUT2D eigenvalue weighted by atomic mass is 10.1. The number of aliphatic hydroxyl groups excluding tert-OH is 1. The number of aliphatic hydroxyl groups is 1. The summed E-state index contributed by atoms with van der Waals surface area (Å²) >= 11 is 0. The van der Waals surface area contributed by atoms with Gasteiger partial charge >= 0.3 is 0 Å². The highest BCUT2D eigenvalue weighted by atomic mass is 19.1. The zero-order valence-electron chi connectivity index (χ0n) is 12.0. The van der Waals surface area contributed by atoms with Crippen molar-refractivity contribution in [2.24, 2.45) is 0 Å². The van der Waals surface area contributed by atoms with Crippen LogP contribution < -0.4 is 5.56 Å². The van der Waals surface area contributed by atoms with Gasteiger partial charge in [0.2, 0.25) is 0 Å². The van der Waals surface area contributed by atoms with Gasteiger partial charge in [-0.1, -0.05) is 30.3 Å². The van der Waals surface area contributed by atoms with Crippen molar-refractivity contribution < 1.29 is 9.50 Å². The van der Waals surface area contributed by atoms with Gasteiger partial charge in [-0.05, 0) is 30.7 Å². The minimum atomic E-state index is -0.925. The van der Waals surface area contributed by atoms with Crippen LogP contribution in [0.4, 0.5) is 4.39 Å². The molecule has 1 heterocycles. The highest BCUT2D eigenvalue weighted by molar-refractivity contribution is 5.83. The van der Waals surface area contributed by atoms with Gasteiger partial charge in [0.15, 0.2) is 0 Å². The number of rotatable bonds is 3. The molecule has 0 amide bonds. The number of benzene rings is 2. The molecule has 5 heteroatoms. The average Bonchev–Trinajstić information content (AvgIpc) is 2.53. The number of aromatic nitrogens is 2. The molecule has 0 aliphatic rings. The summed E-state index contributed by atoms with van der Waals surface area (Å²) in [6.45, 7) is 1.85. The second kappa shape index (κ2) is 5.69. The van der Waals surface area contributed by atoms with Crippen molar-refractivity contribution in [3.8, 4) is 0 Å². The van der Waals surface area contributed by atoms with Crippen LogP contribution in [0.15, 0.2) is 53.3 Å². The zero-order chi connectivity index (χ0) is 15.7. The third-order valence-electron chi connectivity index (χ3n) is 3.65. The monoisotopic (exact) mass is 298 g/mol. The topological polar surface area (TPSA) is 55.1 Å². The summed E-state index contributed by atoms with van der Waals surface area (Å²) in [4.78, 5) is 12.4. The summed E-state index contributed by atoms with van der Waals surface area (Å²) in [5.41, 5.74) is 1.02. The Hall–Kier alpha value is -2.53. The molecular formula is C17H15FN2O2. The molecule has 3 aromatic rings. The van der Waals surface area contributed by atoms with Crippen LogP contribution in [0.2, 0.25) is 0 Å². The van der Waals surface area contributed by atoms with E-state index < -0.39 is 6.10 Å². The summed E-state index contributed by atoms with van der Waals surface area (Å²) in [5, 5.41) is 15.9. The van der Waals surface area contributed by atoms with Gasteiger partial charge in [-0.3, -0.25) is 4.79 Å². The van der Waals surface area contributed by atoms with E-state index in [9.17, 15) is 14.3 Å². The maximum Gasteiger partial charge on any atom is 0.274 e. The van der Waals surface area contributed by atoms with Crippen LogP contribution in [0.3, 0.4) is 0 Å². The molecule has 1 unspecified atom stereocenters. The summed E-state index contributed by atoms with van der Waals surface area (Å²) < 4.78 is 14.2. The van der Waals surface area contributed by atoms with Crippen LogP contribution in [0.25, 0.3) is 10.8 Å². The maximum absolute atomic E-state index is 12.9. The molecule has 3 rings (SSSR count). The Morgan fingerprint density at radius 3 is 2.45 bits per heavy atom. The van der Waals surface area contributed by atoms with E-state index in [-0.39, 0.29) is 17.9 Å². The van der Waals surface area contributed by atoms with E-state index >= 15 is 0 Å². The van der Waals surface area contributed by atoms with Crippen LogP contribution in [0.1, 0.15) is 17.4 Å². The molecule has 0 fully saturated rings. The summed E-state index contributed by atoms with van der Waals surface area (Å²) in [7, 11) is 0. The van der Waals surface area contributed by atoms with Crippen LogP contribution in [-0.2, 0) is 6.54 Å². The summed E-state index contributed by atoms with van der Waals surface area (Å²) in [6, 6.07) is 12.8. The van der Waals surface area contributed by atoms with Gasteiger partial charge < -0.3 is 5.11 Å². The molecule has 1 atom stereocenters. The molecule has 0 saturated carbocycles. The number of fused-ring (bicyclic) bond motifs is 1. The lowest BCUT2D eigenvalue weighted by Gasteiger charge is -2.13. The Morgan fingerprint density at radius 2 is 1.77 bits per heavy atom. The molecule has 112 valence electrons. The number of halogens is 1. The SMILES string of the molecule is Cc1nn(CC(O)c2ccc(F)cc2)c(=O)c2ccccc12. The molecule has 22 heavy (non-hydrogen) atoms. The quantitative estimate of drug-likeness (QED) is 0.808. The van der Waals surface area contributed by atoms with Crippen molar-refractivity contribution in [1.29, 1.82) is 0 Å². The molecule has 0 saturated heterocycles. The van der Waals surface area contributed by atoms with Gasteiger partial charge in [0.1, 0.15) is 5.82 Å². The highest BCUT2D eigenvalue weighted by Crippen LogP contribution is 2.16. The van der Waals surface area contributed by atoms with E-state index in [0.29, 0.717) is 10.9 Å². The smallest absolute Gasteiger partial charge is 0.274 e. The third-order valence-corrected chi connectivity index (χ3v) is 3.65. The number of hydrogen-bond acceptors (Lipinski definition) is 3. The van der Waals surface area contributed by atoms with Gasteiger partial charge in [-0.2, -0.15) is 5.10 Å². The number of aryl methyl sites for hydroxylation is 1. The molecule has 2 aromatic carbocycles. The van der Waals surface area contributed by atoms with Gasteiger partial charge in [-0.15, -0.1) is 0 Å². The minimum absolute atomic E-state index is 0.0239. The van der Waals surface area contributed by atoms with E-state index in [1.54, 1.807) is 12.1 Å². The Kier molecular flexibility index (Phi) is 3.73. The first-order valence-electron chi connectivity index (χ1n) is 6.96. The van der Waals surface area contributed by atoms with Crippen molar-refractivity contribution in [2.45, 2.75) is 19.6 Å². The van der Waals surface area contributed by atoms with E-state index in [1.165, 1.54) is 28.9 Å². The fourth-order valence-corrected chi connectivity index (χ4v) is 2.48. The highest BCUT2D eigenvalue weighted by Gasteiger charge is 2.13. The maximum atomic E-state index is 12.9. The Labute approximate surface area is 126 Å². The minimum Gasteiger partial charge on any atom is -0.386 e. The fourth-order valence-electron chi connectivity index (χ4n) is 2.48. The molecule has 1 aromatic heterocycles. The van der Waals surface area contributed by atoms with Gasteiger partial charge in [-0.25, -0.2) is 9.07 Å². The second-order valence-electron chi connectivity index (χ2n) is 5.19. The molecule has 1 N–H and O–H groups in total. The Morgan fingerprint density at radius 1 is 1.14 bits per heavy atom. The van der Waals surface area contributed by atoms with Crippen molar-refractivity contribution in [2.75, 3.05) is 0 Å². The number of nitrogens with zero attached hydrogens (tertiary/aromatic N) is 2. The second-order valence-corrected chi connectivity index (χ2v) is 5.19. The van der Waals surface area contributed by atoms with Gasteiger partial charge in [0.25, 0.3) is 5.56 Å². The molecule has 0 radical (unpaired) electrons. The molecule has 0 aliphatic heterocycles. The van der Waals surface area contributed by atoms with Crippen LogP contribution in [-0.4, -0.2) is 14.9 Å². The van der Waals surface area contributed by atoms with Gasteiger partial charge in [0, 0.05) is 5.39 Å². The average molecular weight is 298 g/mol. The van der Waals surface area contributed by atoms with E-state index in [4.69, 9.17) is 0 Å².